The van der Waals surface area contributed by atoms with Crippen molar-refractivity contribution < 1.29 is 0 Å². The van der Waals surface area contributed by atoms with Crippen LogP contribution in [0.1, 0.15) is 5.82 Å². The summed E-state index contributed by atoms with van der Waals surface area (Å²) < 4.78 is 2.46. The molecule has 0 saturated heterocycles. The minimum absolute atomic E-state index is 0.110. The van der Waals surface area contributed by atoms with Crippen LogP contribution in [-0.2, 0) is 6.54 Å². The van der Waals surface area contributed by atoms with E-state index >= 15 is 0 Å². The fraction of sp³-hybridized carbons (Fsp3) is 0.0714. The second-order valence-corrected chi connectivity index (χ2v) is 5.75. The van der Waals surface area contributed by atoms with Gasteiger partial charge >= 0.3 is 5.69 Å². The van der Waals surface area contributed by atoms with Gasteiger partial charge in [0.1, 0.15) is 17.4 Å². The van der Waals surface area contributed by atoms with E-state index in [-0.39, 0.29) is 12.2 Å². The van der Waals surface area contributed by atoms with Gasteiger partial charge in [0, 0.05) is 5.39 Å². The van der Waals surface area contributed by atoms with Gasteiger partial charge in [-0.05, 0) is 40.1 Å². The number of hydrogen-bond donors (Lipinski definition) is 1. The molecule has 0 spiro atoms. The Morgan fingerprint density at radius 3 is 2.78 bits per heavy atom. The summed E-state index contributed by atoms with van der Waals surface area (Å²) in [5, 5.41) is 11.1. The number of benzene rings is 1. The molecule has 0 aliphatic carbocycles. The molecule has 0 unspecified atom stereocenters. The number of fused-ring (bicyclic) bond motifs is 1. The number of tetrazole rings is 1. The Morgan fingerprint density at radius 2 is 1.96 bits per heavy atom. The molecule has 0 atom stereocenters. The maximum Gasteiger partial charge on any atom is 0.369 e. The second kappa shape index (κ2) is 5.29. The van der Waals surface area contributed by atoms with Crippen molar-refractivity contribution in [2.75, 3.05) is 5.73 Å². The van der Waals surface area contributed by atoms with E-state index in [1.807, 2.05) is 35.7 Å². The SMILES string of the molecule is Nc1nc(Cn2nnn(-c3cccs3)c2=O)nc2ccccc12. The molecule has 0 aliphatic rings. The molecule has 3 aromatic heterocycles. The monoisotopic (exact) mass is 325 g/mol. The number of aromatic nitrogens is 6. The van der Waals surface area contributed by atoms with Gasteiger partial charge in [-0.3, -0.25) is 0 Å². The predicted octanol–water partition coefficient (Wildman–Crippen LogP) is 1.06. The maximum atomic E-state index is 12.3. The highest BCUT2D eigenvalue weighted by atomic mass is 32.1. The Kier molecular flexibility index (Phi) is 3.12. The minimum Gasteiger partial charge on any atom is -0.383 e. The van der Waals surface area contributed by atoms with E-state index in [1.54, 1.807) is 6.07 Å². The van der Waals surface area contributed by atoms with Crippen molar-refractivity contribution in [3.8, 4) is 5.00 Å². The van der Waals surface area contributed by atoms with Crippen molar-refractivity contribution in [3.05, 3.63) is 58.1 Å². The molecule has 1 aromatic carbocycles. The lowest BCUT2D eigenvalue weighted by Crippen LogP contribution is -2.25. The van der Waals surface area contributed by atoms with Gasteiger partial charge in [0.15, 0.2) is 5.82 Å². The number of nitrogen functional groups attached to an aromatic ring is 1. The lowest BCUT2D eigenvalue weighted by atomic mass is 10.2. The van der Waals surface area contributed by atoms with Gasteiger partial charge in [0.05, 0.1) is 5.52 Å². The van der Waals surface area contributed by atoms with Crippen LogP contribution in [0, 0.1) is 0 Å². The number of rotatable bonds is 3. The molecule has 0 saturated carbocycles. The quantitative estimate of drug-likeness (QED) is 0.604. The van der Waals surface area contributed by atoms with Crippen LogP contribution in [0.25, 0.3) is 15.9 Å². The molecule has 0 aliphatic heterocycles. The standard InChI is InChI=1S/C14H11N7OS/c15-13-9-4-1-2-5-10(9)16-11(17-13)8-20-14(22)21(19-18-20)12-6-3-7-23-12/h1-7H,8H2,(H2,15,16,17). The van der Waals surface area contributed by atoms with E-state index in [4.69, 9.17) is 5.73 Å². The molecular weight excluding hydrogens is 314 g/mol. The molecular formula is C14H11N7OS. The first kappa shape index (κ1) is 13.6. The largest absolute Gasteiger partial charge is 0.383 e. The third-order valence-corrected chi connectivity index (χ3v) is 4.17. The van der Waals surface area contributed by atoms with Crippen LogP contribution in [0.15, 0.2) is 46.6 Å². The number of hydrogen-bond acceptors (Lipinski definition) is 7. The normalized spacial score (nSPS) is 11.1. The van der Waals surface area contributed by atoms with Crippen LogP contribution in [0.3, 0.4) is 0 Å². The highest BCUT2D eigenvalue weighted by Gasteiger charge is 2.12. The average molecular weight is 325 g/mol. The van der Waals surface area contributed by atoms with Gasteiger partial charge in [-0.2, -0.15) is 9.36 Å². The molecule has 23 heavy (non-hydrogen) atoms. The molecule has 4 rings (SSSR count). The Bertz CT molecular complexity index is 1030. The topological polar surface area (TPSA) is 105 Å². The van der Waals surface area contributed by atoms with Gasteiger partial charge in [-0.15, -0.1) is 11.3 Å². The van der Waals surface area contributed by atoms with Crippen molar-refractivity contribution in [1.29, 1.82) is 0 Å². The zero-order chi connectivity index (χ0) is 15.8. The Hall–Kier alpha value is -3.07. The molecule has 2 N–H and O–H groups in total. The zero-order valence-corrected chi connectivity index (χ0v) is 12.6. The van der Waals surface area contributed by atoms with E-state index in [0.717, 1.165) is 10.9 Å². The van der Waals surface area contributed by atoms with Crippen LogP contribution in [-0.4, -0.2) is 29.8 Å². The molecule has 9 heteroatoms. The number of para-hydroxylation sites is 1. The molecule has 8 nitrogen and oxygen atoms in total. The van der Waals surface area contributed by atoms with E-state index in [9.17, 15) is 4.79 Å². The summed E-state index contributed by atoms with van der Waals surface area (Å²) >= 11 is 1.41. The van der Waals surface area contributed by atoms with Gasteiger partial charge in [0.2, 0.25) is 0 Å². The van der Waals surface area contributed by atoms with Gasteiger partial charge < -0.3 is 5.73 Å². The Balaban J connectivity index is 1.73. The number of thiophene rings is 1. The van der Waals surface area contributed by atoms with Crippen molar-refractivity contribution >= 4 is 28.1 Å². The highest BCUT2D eigenvalue weighted by Crippen LogP contribution is 2.17. The number of nitrogens with zero attached hydrogens (tertiary/aromatic N) is 6. The Labute approximate surface area is 133 Å². The highest BCUT2D eigenvalue weighted by molar-refractivity contribution is 7.12. The van der Waals surface area contributed by atoms with Crippen molar-refractivity contribution in [1.82, 2.24) is 29.8 Å². The Morgan fingerprint density at radius 1 is 1.09 bits per heavy atom. The van der Waals surface area contributed by atoms with Crippen molar-refractivity contribution in [2.24, 2.45) is 0 Å². The second-order valence-electron chi connectivity index (χ2n) is 4.82. The summed E-state index contributed by atoms with van der Waals surface area (Å²) in [6, 6.07) is 11.1. The van der Waals surface area contributed by atoms with Gasteiger partial charge in [-0.1, -0.05) is 12.1 Å². The first-order valence-electron chi connectivity index (χ1n) is 6.80. The molecule has 114 valence electrons. The van der Waals surface area contributed by atoms with Crippen LogP contribution in [0.4, 0.5) is 5.82 Å². The summed E-state index contributed by atoms with van der Waals surface area (Å²) in [6.07, 6.45) is 0. The fourth-order valence-electron chi connectivity index (χ4n) is 2.26. The van der Waals surface area contributed by atoms with Crippen LogP contribution in [0.5, 0.6) is 0 Å². The summed E-state index contributed by atoms with van der Waals surface area (Å²) in [5.74, 6) is 0.797. The summed E-state index contributed by atoms with van der Waals surface area (Å²) in [7, 11) is 0. The molecule has 4 aromatic rings. The first-order chi connectivity index (χ1) is 11.2. The predicted molar refractivity (Wildman–Crippen MR) is 86.5 cm³/mol. The summed E-state index contributed by atoms with van der Waals surface area (Å²) in [6.45, 7) is 0.110. The zero-order valence-electron chi connectivity index (χ0n) is 11.8. The van der Waals surface area contributed by atoms with Crippen LogP contribution < -0.4 is 11.4 Å². The minimum atomic E-state index is -0.345. The number of nitrogens with two attached hydrogens (primary N) is 1. The molecule has 0 amide bonds. The van der Waals surface area contributed by atoms with Crippen LogP contribution >= 0.6 is 11.3 Å². The van der Waals surface area contributed by atoms with E-state index in [0.29, 0.717) is 16.6 Å². The molecule has 0 fully saturated rings. The average Bonchev–Trinajstić information content (AvgIpc) is 3.18. The van der Waals surface area contributed by atoms with Crippen LogP contribution in [0.2, 0.25) is 0 Å². The van der Waals surface area contributed by atoms with E-state index in [2.05, 4.69) is 20.4 Å². The lowest BCUT2D eigenvalue weighted by molar-refractivity contribution is 0.611. The van der Waals surface area contributed by atoms with Gasteiger partial charge in [-0.25, -0.2) is 14.8 Å². The summed E-state index contributed by atoms with van der Waals surface area (Å²) in [5.41, 5.74) is 6.34. The fourth-order valence-corrected chi connectivity index (χ4v) is 2.93. The molecule has 3 heterocycles. The molecule has 0 bridgehead atoms. The van der Waals surface area contributed by atoms with E-state index < -0.39 is 0 Å². The third-order valence-electron chi connectivity index (χ3n) is 3.32. The van der Waals surface area contributed by atoms with Crippen molar-refractivity contribution in [2.45, 2.75) is 6.54 Å². The maximum absolute atomic E-state index is 12.3. The smallest absolute Gasteiger partial charge is 0.369 e. The third kappa shape index (κ3) is 2.36. The van der Waals surface area contributed by atoms with Crippen molar-refractivity contribution in [3.63, 3.8) is 0 Å². The first-order valence-corrected chi connectivity index (χ1v) is 7.68. The molecule has 0 radical (unpaired) electrons. The lowest BCUT2D eigenvalue weighted by Gasteiger charge is -2.04. The van der Waals surface area contributed by atoms with E-state index in [1.165, 1.54) is 20.7 Å². The van der Waals surface area contributed by atoms with Gasteiger partial charge in [0.25, 0.3) is 0 Å². The number of anilines is 1. The summed E-state index contributed by atoms with van der Waals surface area (Å²) in [4.78, 5) is 21.0.